The Morgan fingerprint density at radius 3 is 2.28 bits per heavy atom. The third-order valence-corrected chi connectivity index (χ3v) is 7.33. The van der Waals surface area contributed by atoms with Gasteiger partial charge in [0.25, 0.3) is 5.91 Å². The van der Waals surface area contributed by atoms with Gasteiger partial charge in [0, 0.05) is 31.1 Å². The fraction of sp³-hybridized carbons (Fsp3) is 0.353. The Labute approximate surface area is 150 Å². The van der Waals surface area contributed by atoms with Gasteiger partial charge in [-0.25, -0.2) is 12.8 Å². The summed E-state index contributed by atoms with van der Waals surface area (Å²) in [5.41, 5.74) is 0. The molecular weight excluding hydrogens is 363 g/mol. The predicted octanol–water partition coefficient (Wildman–Crippen LogP) is 2.60. The summed E-state index contributed by atoms with van der Waals surface area (Å²) in [4.78, 5) is 16.1. The SMILES string of the molecule is CCc1ccc(C(=O)N2CCN(S(=O)(=O)c3ccc(F)cc3)CC2)s1. The van der Waals surface area contributed by atoms with Crippen LogP contribution in [0.1, 0.15) is 21.5 Å². The molecule has 0 saturated carbocycles. The number of carbonyl (C=O) groups excluding carboxylic acids is 1. The molecule has 0 unspecified atom stereocenters. The minimum Gasteiger partial charge on any atom is -0.335 e. The molecule has 0 bridgehead atoms. The van der Waals surface area contributed by atoms with Crippen molar-refractivity contribution >= 4 is 27.3 Å². The van der Waals surface area contributed by atoms with Crippen LogP contribution in [0.15, 0.2) is 41.3 Å². The maximum absolute atomic E-state index is 13.0. The first-order chi connectivity index (χ1) is 11.9. The van der Waals surface area contributed by atoms with Crippen LogP contribution in [0.25, 0.3) is 0 Å². The van der Waals surface area contributed by atoms with E-state index < -0.39 is 15.8 Å². The molecule has 2 heterocycles. The molecule has 1 aliphatic rings. The number of aryl methyl sites for hydroxylation is 1. The molecule has 1 aromatic heterocycles. The molecule has 25 heavy (non-hydrogen) atoms. The first-order valence-electron chi connectivity index (χ1n) is 8.05. The summed E-state index contributed by atoms with van der Waals surface area (Å²) in [6, 6.07) is 8.57. The molecule has 0 N–H and O–H groups in total. The van der Waals surface area contributed by atoms with Crippen molar-refractivity contribution in [3.8, 4) is 0 Å². The second kappa shape index (κ2) is 7.23. The number of rotatable bonds is 4. The summed E-state index contributed by atoms with van der Waals surface area (Å²) in [6.45, 7) is 3.20. The average molecular weight is 382 g/mol. The van der Waals surface area contributed by atoms with Gasteiger partial charge in [0.05, 0.1) is 9.77 Å². The molecule has 0 spiro atoms. The van der Waals surface area contributed by atoms with Crippen LogP contribution in [0.2, 0.25) is 0 Å². The maximum Gasteiger partial charge on any atom is 0.264 e. The van der Waals surface area contributed by atoms with E-state index in [0.717, 1.165) is 23.4 Å². The fourth-order valence-corrected chi connectivity index (χ4v) is 5.06. The number of hydrogen-bond donors (Lipinski definition) is 0. The van der Waals surface area contributed by atoms with Gasteiger partial charge in [-0.2, -0.15) is 4.31 Å². The number of nitrogens with zero attached hydrogens (tertiary/aromatic N) is 2. The highest BCUT2D eigenvalue weighted by Crippen LogP contribution is 2.22. The summed E-state index contributed by atoms with van der Waals surface area (Å²) in [5.74, 6) is -0.528. The van der Waals surface area contributed by atoms with E-state index in [1.54, 1.807) is 4.90 Å². The van der Waals surface area contributed by atoms with Crippen molar-refractivity contribution in [3.63, 3.8) is 0 Å². The Bertz CT molecular complexity index is 854. The molecule has 0 aliphatic carbocycles. The molecule has 0 atom stereocenters. The van der Waals surface area contributed by atoms with Crippen LogP contribution in [0, 0.1) is 5.82 Å². The highest BCUT2D eigenvalue weighted by atomic mass is 32.2. The lowest BCUT2D eigenvalue weighted by molar-refractivity contribution is 0.0703. The summed E-state index contributed by atoms with van der Waals surface area (Å²) in [5, 5.41) is 0. The van der Waals surface area contributed by atoms with E-state index >= 15 is 0 Å². The Morgan fingerprint density at radius 2 is 1.72 bits per heavy atom. The van der Waals surface area contributed by atoms with Crippen LogP contribution < -0.4 is 0 Å². The summed E-state index contributed by atoms with van der Waals surface area (Å²) in [6.07, 6.45) is 0.891. The van der Waals surface area contributed by atoms with E-state index in [1.165, 1.54) is 27.8 Å². The van der Waals surface area contributed by atoms with Gasteiger partial charge in [0.2, 0.25) is 10.0 Å². The second-order valence-corrected chi connectivity index (χ2v) is 8.88. The summed E-state index contributed by atoms with van der Waals surface area (Å²) >= 11 is 1.48. The molecular formula is C17H19FN2O3S2. The highest BCUT2D eigenvalue weighted by molar-refractivity contribution is 7.89. The Morgan fingerprint density at radius 1 is 1.08 bits per heavy atom. The molecule has 134 valence electrons. The van der Waals surface area contributed by atoms with Crippen molar-refractivity contribution in [2.75, 3.05) is 26.2 Å². The number of hydrogen-bond acceptors (Lipinski definition) is 4. The smallest absolute Gasteiger partial charge is 0.264 e. The normalized spacial score (nSPS) is 16.2. The van der Waals surface area contributed by atoms with Crippen LogP contribution >= 0.6 is 11.3 Å². The van der Waals surface area contributed by atoms with E-state index in [9.17, 15) is 17.6 Å². The standard InChI is InChI=1S/C17H19FN2O3S2/c1-2-14-5-8-16(24-14)17(21)19-9-11-20(12-10-19)25(22,23)15-6-3-13(18)4-7-15/h3-8H,2,9-12H2,1H3. The van der Waals surface area contributed by atoms with Crippen LogP contribution in [-0.4, -0.2) is 49.7 Å². The number of amides is 1. The molecule has 1 amide bonds. The minimum absolute atomic E-state index is 0.0523. The second-order valence-electron chi connectivity index (χ2n) is 5.77. The van der Waals surface area contributed by atoms with Gasteiger partial charge in [-0.15, -0.1) is 11.3 Å². The monoisotopic (exact) mass is 382 g/mol. The van der Waals surface area contributed by atoms with Crippen molar-refractivity contribution in [1.29, 1.82) is 0 Å². The molecule has 1 aromatic carbocycles. The zero-order valence-electron chi connectivity index (χ0n) is 13.8. The van der Waals surface area contributed by atoms with Gasteiger partial charge in [-0.05, 0) is 42.8 Å². The average Bonchev–Trinajstić information content (AvgIpc) is 3.11. The number of thiophene rings is 1. The Hall–Kier alpha value is -1.77. The molecule has 1 fully saturated rings. The van der Waals surface area contributed by atoms with Crippen molar-refractivity contribution in [1.82, 2.24) is 9.21 Å². The van der Waals surface area contributed by atoms with Crippen molar-refractivity contribution < 1.29 is 17.6 Å². The molecule has 8 heteroatoms. The number of sulfonamides is 1. The molecule has 5 nitrogen and oxygen atoms in total. The number of benzene rings is 1. The van der Waals surface area contributed by atoms with Gasteiger partial charge in [-0.3, -0.25) is 4.79 Å². The Kier molecular flexibility index (Phi) is 5.21. The lowest BCUT2D eigenvalue weighted by Crippen LogP contribution is -2.50. The number of halogens is 1. The Balaban J connectivity index is 1.67. The molecule has 3 rings (SSSR count). The van der Waals surface area contributed by atoms with Gasteiger partial charge in [-0.1, -0.05) is 6.92 Å². The van der Waals surface area contributed by atoms with E-state index in [0.29, 0.717) is 18.0 Å². The largest absolute Gasteiger partial charge is 0.335 e. The van der Waals surface area contributed by atoms with Crippen molar-refractivity contribution in [2.24, 2.45) is 0 Å². The van der Waals surface area contributed by atoms with Crippen LogP contribution in [0.4, 0.5) is 4.39 Å². The van der Waals surface area contributed by atoms with E-state index in [-0.39, 0.29) is 23.9 Å². The molecule has 1 aliphatic heterocycles. The fourth-order valence-electron chi connectivity index (χ4n) is 2.73. The topological polar surface area (TPSA) is 57.7 Å². The summed E-state index contributed by atoms with van der Waals surface area (Å²) < 4.78 is 39.5. The number of carbonyl (C=O) groups is 1. The lowest BCUT2D eigenvalue weighted by atomic mass is 10.3. The lowest BCUT2D eigenvalue weighted by Gasteiger charge is -2.33. The molecule has 0 radical (unpaired) electrons. The number of piperazine rings is 1. The zero-order chi connectivity index (χ0) is 18.0. The van der Waals surface area contributed by atoms with Gasteiger partial charge >= 0.3 is 0 Å². The van der Waals surface area contributed by atoms with Gasteiger partial charge in [0.15, 0.2) is 0 Å². The highest BCUT2D eigenvalue weighted by Gasteiger charge is 2.30. The first kappa shape index (κ1) is 18.0. The first-order valence-corrected chi connectivity index (χ1v) is 10.3. The van der Waals surface area contributed by atoms with Crippen LogP contribution in [0.3, 0.4) is 0 Å². The third-order valence-electron chi connectivity index (χ3n) is 4.20. The van der Waals surface area contributed by atoms with Crippen LogP contribution in [0.5, 0.6) is 0 Å². The van der Waals surface area contributed by atoms with E-state index in [2.05, 4.69) is 0 Å². The third kappa shape index (κ3) is 3.75. The zero-order valence-corrected chi connectivity index (χ0v) is 15.4. The van der Waals surface area contributed by atoms with Gasteiger partial charge in [0.1, 0.15) is 5.82 Å². The van der Waals surface area contributed by atoms with E-state index in [1.807, 2.05) is 19.1 Å². The molecule has 1 saturated heterocycles. The minimum atomic E-state index is -3.66. The predicted molar refractivity (Wildman–Crippen MR) is 94.8 cm³/mol. The van der Waals surface area contributed by atoms with E-state index in [4.69, 9.17) is 0 Å². The maximum atomic E-state index is 13.0. The summed E-state index contributed by atoms with van der Waals surface area (Å²) in [7, 11) is -3.66. The van der Waals surface area contributed by atoms with Crippen molar-refractivity contribution in [3.05, 3.63) is 52.0 Å². The quantitative estimate of drug-likeness (QED) is 0.817. The van der Waals surface area contributed by atoms with Gasteiger partial charge < -0.3 is 4.90 Å². The van der Waals surface area contributed by atoms with Crippen LogP contribution in [-0.2, 0) is 16.4 Å². The van der Waals surface area contributed by atoms with Crippen molar-refractivity contribution in [2.45, 2.75) is 18.2 Å². The molecule has 2 aromatic rings.